The third-order valence-electron chi connectivity index (χ3n) is 10.0. The molecule has 1 rings (SSSR count). The molecule has 52 heavy (non-hydrogen) atoms. The fourth-order valence-corrected chi connectivity index (χ4v) is 6.72. The Kier molecular flexibility index (Phi) is 29.7. The molecule has 8 nitrogen and oxygen atoms in total. The van der Waals surface area contributed by atoms with Crippen molar-refractivity contribution < 1.29 is 38.9 Å². The van der Waals surface area contributed by atoms with E-state index in [1.54, 1.807) is 0 Å². The number of aromatic carboxylic acids is 2. The quantitative estimate of drug-likeness (QED) is 0.0516. The van der Waals surface area contributed by atoms with Gasteiger partial charge in [0, 0.05) is 0 Å². The Hall–Kier alpha value is -2.90. The van der Waals surface area contributed by atoms with Gasteiger partial charge in [-0.1, -0.05) is 194 Å². The Morgan fingerprint density at radius 2 is 0.577 bits per heavy atom. The zero-order valence-corrected chi connectivity index (χ0v) is 33.1. The van der Waals surface area contributed by atoms with E-state index in [9.17, 15) is 29.4 Å². The molecular formula is C44H74O8. The van der Waals surface area contributed by atoms with Gasteiger partial charge in [-0.25, -0.2) is 19.2 Å². The van der Waals surface area contributed by atoms with E-state index in [0.717, 1.165) is 50.7 Å². The lowest BCUT2D eigenvalue weighted by Crippen LogP contribution is -2.19. The number of carbonyl (C=O) groups is 4. The first kappa shape index (κ1) is 47.1. The predicted octanol–water partition coefficient (Wildman–Crippen LogP) is 13.1. The Balaban J connectivity index is 2.32. The van der Waals surface area contributed by atoms with Crippen molar-refractivity contribution in [3.63, 3.8) is 0 Å². The molecule has 0 heterocycles. The minimum Gasteiger partial charge on any atom is -0.478 e. The molecule has 8 heteroatoms. The maximum absolute atomic E-state index is 12.8. The third-order valence-corrected chi connectivity index (χ3v) is 10.0. The molecule has 1 aromatic rings. The van der Waals surface area contributed by atoms with E-state index in [0.29, 0.717) is 12.8 Å². The number of carbonyl (C=O) groups excluding carboxylic acids is 2. The lowest BCUT2D eigenvalue weighted by molar-refractivity contribution is 0.0472. The second-order valence-electron chi connectivity index (χ2n) is 14.7. The molecule has 1 aromatic carbocycles. The van der Waals surface area contributed by atoms with Gasteiger partial charge in [0.2, 0.25) is 0 Å². The highest BCUT2D eigenvalue weighted by atomic mass is 16.5. The van der Waals surface area contributed by atoms with Crippen molar-refractivity contribution in [1.29, 1.82) is 0 Å². The van der Waals surface area contributed by atoms with Gasteiger partial charge >= 0.3 is 23.9 Å². The highest BCUT2D eigenvalue weighted by Gasteiger charge is 2.27. The van der Waals surface area contributed by atoms with Crippen LogP contribution in [0.25, 0.3) is 0 Å². The van der Waals surface area contributed by atoms with Gasteiger partial charge in [-0.05, 0) is 25.0 Å². The lowest BCUT2D eigenvalue weighted by Gasteiger charge is -2.12. The summed E-state index contributed by atoms with van der Waals surface area (Å²) in [5.74, 6) is -4.73. The first-order chi connectivity index (χ1) is 25.3. The summed E-state index contributed by atoms with van der Waals surface area (Å²) in [7, 11) is 0. The summed E-state index contributed by atoms with van der Waals surface area (Å²) in [6.07, 6.45) is 36.4. The standard InChI is InChI=1S/C44H74O8/c1-3-5-7-9-11-13-15-17-19-21-23-25-27-29-31-33-51-43(49)39-35-38(42(47)48)40(36-37(39)41(45)46)44(50)52-34-32-30-28-26-24-22-20-18-16-14-12-10-8-6-4-2/h35-36H,3-34H2,1-2H3,(H,45,46)(H,47,48). The summed E-state index contributed by atoms with van der Waals surface area (Å²) >= 11 is 0. The molecule has 0 saturated heterocycles. The number of hydrogen-bond donors (Lipinski definition) is 2. The van der Waals surface area contributed by atoms with E-state index in [1.165, 1.54) is 141 Å². The van der Waals surface area contributed by atoms with E-state index in [2.05, 4.69) is 13.8 Å². The van der Waals surface area contributed by atoms with E-state index < -0.39 is 35.0 Å². The van der Waals surface area contributed by atoms with Gasteiger partial charge in [0.15, 0.2) is 0 Å². The summed E-state index contributed by atoms with van der Waals surface area (Å²) in [6.45, 7) is 4.72. The monoisotopic (exact) mass is 731 g/mol. The normalized spacial score (nSPS) is 11.1. The van der Waals surface area contributed by atoms with Crippen LogP contribution in [0.15, 0.2) is 12.1 Å². The second-order valence-corrected chi connectivity index (χ2v) is 14.7. The Morgan fingerprint density at radius 3 is 0.788 bits per heavy atom. The highest BCUT2D eigenvalue weighted by molar-refractivity contribution is 6.09. The molecule has 0 unspecified atom stereocenters. The fraction of sp³-hybridized carbons (Fsp3) is 0.773. The SMILES string of the molecule is CCCCCCCCCCCCCCCCCOC(=O)c1cc(C(=O)O)c(C(=O)OCCCCCCCCCCCCCCCCC)cc1C(=O)O. The van der Waals surface area contributed by atoms with Crippen LogP contribution in [-0.4, -0.2) is 47.3 Å². The predicted molar refractivity (Wildman–Crippen MR) is 211 cm³/mol. The van der Waals surface area contributed by atoms with Crippen LogP contribution in [0.3, 0.4) is 0 Å². The third kappa shape index (κ3) is 23.6. The number of carboxylic acids is 2. The van der Waals surface area contributed by atoms with Crippen LogP contribution in [0.4, 0.5) is 0 Å². The number of esters is 2. The van der Waals surface area contributed by atoms with Crippen LogP contribution < -0.4 is 0 Å². The van der Waals surface area contributed by atoms with Gasteiger partial charge < -0.3 is 19.7 Å². The zero-order valence-electron chi connectivity index (χ0n) is 33.1. The number of carboxylic acid groups (broad SMARTS) is 2. The number of unbranched alkanes of at least 4 members (excludes halogenated alkanes) is 28. The Morgan fingerprint density at radius 1 is 0.365 bits per heavy atom. The van der Waals surface area contributed by atoms with Gasteiger partial charge in [-0.15, -0.1) is 0 Å². The highest BCUT2D eigenvalue weighted by Crippen LogP contribution is 2.21. The molecular weight excluding hydrogens is 656 g/mol. The molecule has 298 valence electrons. The largest absolute Gasteiger partial charge is 0.478 e. The van der Waals surface area contributed by atoms with E-state index in [-0.39, 0.29) is 24.3 Å². The molecule has 0 aliphatic carbocycles. The molecule has 2 N–H and O–H groups in total. The molecule has 0 radical (unpaired) electrons. The number of ether oxygens (including phenoxy) is 2. The van der Waals surface area contributed by atoms with Gasteiger partial charge in [-0.3, -0.25) is 0 Å². The molecule has 0 atom stereocenters. The first-order valence-corrected chi connectivity index (χ1v) is 21.3. The van der Waals surface area contributed by atoms with E-state index in [4.69, 9.17) is 9.47 Å². The van der Waals surface area contributed by atoms with Crippen molar-refractivity contribution >= 4 is 23.9 Å². The maximum Gasteiger partial charge on any atom is 0.339 e. The molecule has 0 amide bonds. The summed E-state index contributed by atoms with van der Waals surface area (Å²) < 4.78 is 10.6. The molecule has 0 aliphatic rings. The summed E-state index contributed by atoms with van der Waals surface area (Å²) in [5.41, 5.74) is -1.73. The van der Waals surface area contributed by atoms with Crippen LogP contribution in [0.2, 0.25) is 0 Å². The Bertz CT molecular complexity index is 1010. The van der Waals surface area contributed by atoms with Crippen LogP contribution in [0.1, 0.15) is 248 Å². The smallest absolute Gasteiger partial charge is 0.339 e. The summed E-state index contributed by atoms with van der Waals surface area (Å²) in [5, 5.41) is 19.6. The van der Waals surface area contributed by atoms with Crippen LogP contribution in [0, 0.1) is 0 Å². The topological polar surface area (TPSA) is 127 Å². The van der Waals surface area contributed by atoms with Gasteiger partial charge in [0.1, 0.15) is 0 Å². The number of benzene rings is 1. The molecule has 0 bridgehead atoms. The molecule has 0 aliphatic heterocycles. The van der Waals surface area contributed by atoms with Crippen LogP contribution in [0.5, 0.6) is 0 Å². The fourth-order valence-electron chi connectivity index (χ4n) is 6.72. The van der Waals surface area contributed by atoms with Crippen molar-refractivity contribution in [1.82, 2.24) is 0 Å². The zero-order chi connectivity index (χ0) is 38.1. The summed E-state index contributed by atoms with van der Waals surface area (Å²) in [6, 6.07) is 1.84. The van der Waals surface area contributed by atoms with Gasteiger partial charge in [-0.2, -0.15) is 0 Å². The van der Waals surface area contributed by atoms with Crippen LogP contribution in [-0.2, 0) is 9.47 Å². The lowest BCUT2D eigenvalue weighted by atomic mass is 9.98. The molecule has 0 aromatic heterocycles. The Labute approximate surface area is 316 Å². The van der Waals surface area contributed by atoms with Crippen LogP contribution >= 0.6 is 0 Å². The number of hydrogen-bond acceptors (Lipinski definition) is 6. The maximum atomic E-state index is 12.8. The van der Waals surface area contributed by atoms with Crippen molar-refractivity contribution in [2.24, 2.45) is 0 Å². The second kappa shape index (κ2) is 32.7. The average Bonchev–Trinajstić information content (AvgIpc) is 3.13. The van der Waals surface area contributed by atoms with E-state index in [1.807, 2.05) is 0 Å². The van der Waals surface area contributed by atoms with Crippen molar-refractivity contribution in [3.05, 3.63) is 34.4 Å². The minimum absolute atomic E-state index is 0.113. The van der Waals surface area contributed by atoms with E-state index >= 15 is 0 Å². The molecule has 0 saturated carbocycles. The van der Waals surface area contributed by atoms with Gasteiger partial charge in [0.05, 0.1) is 35.5 Å². The van der Waals surface area contributed by atoms with Crippen molar-refractivity contribution in [3.8, 4) is 0 Å². The van der Waals surface area contributed by atoms with Gasteiger partial charge in [0.25, 0.3) is 0 Å². The average molecular weight is 731 g/mol. The van der Waals surface area contributed by atoms with Crippen molar-refractivity contribution in [2.45, 2.75) is 206 Å². The first-order valence-electron chi connectivity index (χ1n) is 21.3. The molecule has 0 spiro atoms. The number of rotatable bonds is 36. The summed E-state index contributed by atoms with van der Waals surface area (Å²) in [4.78, 5) is 49.7. The van der Waals surface area contributed by atoms with Crippen molar-refractivity contribution in [2.75, 3.05) is 13.2 Å². The molecule has 0 fully saturated rings. The minimum atomic E-state index is -1.45.